The molecule has 5 nitrogen and oxygen atoms in total. The zero-order valence-corrected chi connectivity index (χ0v) is 25.4. The Labute approximate surface area is 241 Å². The Morgan fingerprint density at radius 2 is 1.82 bits per heavy atom. The van der Waals surface area contributed by atoms with Gasteiger partial charge in [0.1, 0.15) is 11.5 Å². The highest BCUT2D eigenvalue weighted by Gasteiger charge is 2.20. The summed E-state index contributed by atoms with van der Waals surface area (Å²) in [5, 5.41) is 5.42. The van der Waals surface area contributed by atoms with E-state index < -0.39 is 0 Å². The average Bonchev–Trinajstić information content (AvgIpc) is 2.94. The van der Waals surface area contributed by atoms with Crippen molar-refractivity contribution >= 4 is 17.5 Å². The molecule has 2 atom stereocenters. The van der Waals surface area contributed by atoms with Gasteiger partial charge in [0.25, 0.3) is 0 Å². The van der Waals surface area contributed by atoms with Gasteiger partial charge in [-0.15, -0.1) is 0 Å². The molecule has 0 heterocycles. The van der Waals surface area contributed by atoms with Crippen LogP contribution in [-0.2, 0) is 11.3 Å². The van der Waals surface area contributed by atoms with Crippen LogP contribution in [0.15, 0.2) is 96.3 Å². The largest absolute Gasteiger partial charge is 0.457 e. The number of ether oxygens (including phenoxy) is 1. The SMILES string of the molecule is C=C/C=C\C(=C/C)C(C)CC(C)N(N)/C(CC)=C(\C)C(=O)NCc1cccc(Oc2ccc(Cl)cc2)c1.CC. The number of allylic oxidation sites excluding steroid dienone is 6. The lowest BCUT2D eigenvalue weighted by Crippen LogP contribution is -2.41. The second-order valence-corrected chi connectivity index (χ2v) is 9.52. The van der Waals surface area contributed by atoms with Crippen LogP contribution < -0.4 is 15.9 Å². The summed E-state index contributed by atoms with van der Waals surface area (Å²) in [5.41, 5.74) is 3.62. The van der Waals surface area contributed by atoms with Crippen LogP contribution in [0, 0.1) is 5.92 Å². The highest BCUT2D eigenvalue weighted by molar-refractivity contribution is 6.30. The molecule has 0 spiro atoms. The Morgan fingerprint density at radius 3 is 2.41 bits per heavy atom. The zero-order chi connectivity index (χ0) is 29.4. The number of hydrogen-bond donors (Lipinski definition) is 2. The van der Waals surface area contributed by atoms with Crippen LogP contribution in [0.25, 0.3) is 0 Å². The lowest BCUT2D eigenvalue weighted by molar-refractivity contribution is -0.117. The van der Waals surface area contributed by atoms with Gasteiger partial charge in [-0.25, -0.2) is 5.84 Å². The third-order valence-corrected chi connectivity index (χ3v) is 6.57. The van der Waals surface area contributed by atoms with Crippen molar-refractivity contribution in [2.75, 3.05) is 0 Å². The first-order chi connectivity index (χ1) is 18.7. The molecule has 39 heavy (non-hydrogen) atoms. The van der Waals surface area contributed by atoms with E-state index in [2.05, 4.69) is 37.9 Å². The Morgan fingerprint density at radius 1 is 1.15 bits per heavy atom. The van der Waals surface area contributed by atoms with Gasteiger partial charge >= 0.3 is 0 Å². The monoisotopic (exact) mass is 551 g/mol. The number of carbonyl (C=O) groups excluding carboxylic acids is 1. The molecule has 0 saturated heterocycles. The van der Waals surface area contributed by atoms with Gasteiger partial charge in [-0.3, -0.25) is 4.79 Å². The highest BCUT2D eigenvalue weighted by Crippen LogP contribution is 2.25. The maximum Gasteiger partial charge on any atom is 0.248 e. The number of benzene rings is 2. The molecule has 0 radical (unpaired) electrons. The lowest BCUT2D eigenvalue weighted by atomic mass is 9.93. The van der Waals surface area contributed by atoms with Crippen molar-refractivity contribution in [1.29, 1.82) is 0 Å². The fourth-order valence-electron chi connectivity index (χ4n) is 4.20. The van der Waals surface area contributed by atoms with Crippen LogP contribution in [0.3, 0.4) is 0 Å². The van der Waals surface area contributed by atoms with Gasteiger partial charge in [0.15, 0.2) is 0 Å². The number of amides is 1. The molecule has 0 aliphatic carbocycles. The molecular formula is C33H46ClN3O2. The molecule has 1 amide bonds. The summed E-state index contributed by atoms with van der Waals surface area (Å²) in [6, 6.07) is 14.9. The van der Waals surface area contributed by atoms with Crippen LogP contribution in [0.1, 0.15) is 66.9 Å². The summed E-state index contributed by atoms with van der Waals surface area (Å²) < 4.78 is 5.90. The summed E-state index contributed by atoms with van der Waals surface area (Å²) in [6.45, 7) is 18.3. The predicted molar refractivity (Wildman–Crippen MR) is 167 cm³/mol. The number of carbonyl (C=O) groups is 1. The summed E-state index contributed by atoms with van der Waals surface area (Å²) in [7, 11) is 0. The Hall–Kier alpha value is -3.28. The molecule has 0 fully saturated rings. The molecule has 0 aliphatic rings. The van der Waals surface area contributed by atoms with Crippen LogP contribution >= 0.6 is 11.6 Å². The van der Waals surface area contributed by atoms with E-state index in [0.29, 0.717) is 41.0 Å². The number of nitrogens with one attached hydrogen (secondary N) is 1. The molecule has 212 valence electrons. The lowest BCUT2D eigenvalue weighted by Gasteiger charge is -2.31. The molecule has 2 unspecified atom stereocenters. The number of nitrogens with zero attached hydrogens (tertiary/aromatic N) is 1. The first-order valence-electron chi connectivity index (χ1n) is 13.7. The quantitative estimate of drug-likeness (QED) is 0.113. The third-order valence-electron chi connectivity index (χ3n) is 6.32. The Bertz CT molecular complexity index is 1140. The second kappa shape index (κ2) is 18.1. The van der Waals surface area contributed by atoms with Gasteiger partial charge in [0.05, 0.1) is 0 Å². The summed E-state index contributed by atoms with van der Waals surface area (Å²) in [6.07, 6.45) is 9.43. The Kier molecular flexibility index (Phi) is 15.7. The third kappa shape index (κ3) is 11.2. The molecule has 2 aromatic rings. The minimum absolute atomic E-state index is 0.0569. The smallest absolute Gasteiger partial charge is 0.248 e. The van der Waals surface area contributed by atoms with E-state index in [-0.39, 0.29) is 11.9 Å². The average molecular weight is 552 g/mol. The second-order valence-electron chi connectivity index (χ2n) is 9.09. The first-order valence-corrected chi connectivity index (χ1v) is 14.1. The van der Waals surface area contributed by atoms with Crippen LogP contribution in [0.5, 0.6) is 11.5 Å². The topological polar surface area (TPSA) is 67.6 Å². The molecule has 0 aliphatic heterocycles. The van der Waals surface area contributed by atoms with Gasteiger partial charge in [0, 0.05) is 28.9 Å². The summed E-state index contributed by atoms with van der Waals surface area (Å²) >= 11 is 5.94. The van der Waals surface area contributed by atoms with Gasteiger partial charge in [-0.05, 0) is 87.1 Å². The van der Waals surface area contributed by atoms with E-state index in [1.54, 1.807) is 23.2 Å². The molecule has 0 aromatic heterocycles. The van der Waals surface area contributed by atoms with Crippen LogP contribution in [0.2, 0.25) is 5.02 Å². The van der Waals surface area contributed by atoms with E-state index in [1.807, 2.05) is 77.1 Å². The van der Waals surface area contributed by atoms with Gasteiger partial charge in [-0.2, -0.15) is 0 Å². The molecule has 2 rings (SSSR count). The maximum absolute atomic E-state index is 13.0. The normalized spacial score (nSPS) is 13.5. The molecule has 0 bridgehead atoms. The standard InChI is InChI=1S/C31H40ClN3O2.C2H6/c1-7-10-13-26(8-2)22(4)19-23(5)35(33)30(9-3)24(6)31(36)34-21-25-12-11-14-29(20-25)37-28-17-15-27(32)16-18-28;1-2/h7-8,10-18,20,22-23H,1,9,19,21,33H2,2-6H3,(H,34,36);1-2H3/b13-10-,26-8+,30-24+;. The van der Waals surface area contributed by atoms with Crippen LogP contribution in [0.4, 0.5) is 0 Å². The maximum atomic E-state index is 13.0. The van der Waals surface area contributed by atoms with Crippen molar-refractivity contribution in [1.82, 2.24) is 10.3 Å². The number of hydrazine groups is 1. The first kappa shape index (κ1) is 33.7. The van der Waals surface area contributed by atoms with Crippen molar-refractivity contribution in [3.8, 4) is 11.5 Å². The van der Waals surface area contributed by atoms with Crippen molar-refractivity contribution < 1.29 is 9.53 Å². The minimum atomic E-state index is -0.139. The number of nitrogens with two attached hydrogens (primary N) is 1. The van der Waals surface area contributed by atoms with Gasteiger partial charge in [-0.1, -0.05) is 82.3 Å². The fraction of sp³-hybridized carbons (Fsp3) is 0.364. The zero-order valence-electron chi connectivity index (χ0n) is 24.6. The molecule has 0 saturated carbocycles. The summed E-state index contributed by atoms with van der Waals surface area (Å²) in [5.74, 6) is 8.09. The van der Waals surface area contributed by atoms with Crippen LogP contribution in [-0.4, -0.2) is 17.0 Å². The predicted octanol–water partition coefficient (Wildman–Crippen LogP) is 8.74. The molecule has 2 aromatic carbocycles. The number of halogens is 1. The van der Waals surface area contributed by atoms with Crippen molar-refractivity contribution in [3.63, 3.8) is 0 Å². The Balaban J connectivity index is 0.00000371. The molecular weight excluding hydrogens is 506 g/mol. The van der Waals surface area contributed by atoms with Crippen molar-refractivity contribution in [2.45, 2.75) is 73.9 Å². The van der Waals surface area contributed by atoms with Gasteiger partial charge in [0.2, 0.25) is 5.91 Å². The van der Waals surface area contributed by atoms with Crippen molar-refractivity contribution in [2.24, 2.45) is 11.8 Å². The number of rotatable bonds is 13. The van der Waals surface area contributed by atoms with E-state index in [4.69, 9.17) is 22.2 Å². The van der Waals surface area contributed by atoms with Gasteiger partial charge < -0.3 is 15.1 Å². The van der Waals surface area contributed by atoms with E-state index >= 15 is 0 Å². The van der Waals surface area contributed by atoms with E-state index in [1.165, 1.54) is 5.57 Å². The van der Waals surface area contributed by atoms with Crippen molar-refractivity contribution in [3.05, 3.63) is 107 Å². The fourth-order valence-corrected chi connectivity index (χ4v) is 4.32. The van der Waals surface area contributed by atoms with E-state index in [0.717, 1.165) is 17.7 Å². The minimum Gasteiger partial charge on any atom is -0.457 e. The number of hydrogen-bond acceptors (Lipinski definition) is 4. The summed E-state index contributed by atoms with van der Waals surface area (Å²) in [4.78, 5) is 13.0. The van der Waals surface area contributed by atoms with E-state index in [9.17, 15) is 4.79 Å². The molecule has 6 heteroatoms. The molecule has 3 N–H and O–H groups in total. The highest BCUT2D eigenvalue weighted by atomic mass is 35.5.